The normalized spacial score (nSPS) is 10.3. The zero-order valence-electron chi connectivity index (χ0n) is 9.25. The molecule has 0 unspecified atom stereocenters. The van der Waals surface area contributed by atoms with Gasteiger partial charge in [-0.05, 0) is 50.6 Å². The quantitative estimate of drug-likeness (QED) is 0.730. The fraction of sp³-hybridized carbons (Fsp3) is 0.500. The summed E-state index contributed by atoms with van der Waals surface area (Å²) in [7, 11) is 0. The lowest BCUT2D eigenvalue weighted by Crippen LogP contribution is -2.24. The lowest BCUT2D eigenvalue weighted by Gasteiger charge is -2.22. The molecule has 0 aliphatic heterocycles. The molecule has 0 spiro atoms. The van der Waals surface area contributed by atoms with Crippen molar-refractivity contribution >= 4 is 5.69 Å². The molecule has 0 atom stereocenters. The molecule has 2 nitrogen and oxygen atoms in total. The van der Waals surface area contributed by atoms with Crippen molar-refractivity contribution in [2.75, 3.05) is 24.5 Å². The third kappa shape index (κ3) is 3.88. The monoisotopic (exact) mass is 210 g/mol. The van der Waals surface area contributed by atoms with E-state index in [0.717, 1.165) is 38.2 Å². The van der Waals surface area contributed by atoms with Gasteiger partial charge in [0, 0.05) is 18.8 Å². The van der Waals surface area contributed by atoms with Crippen molar-refractivity contribution in [3.63, 3.8) is 0 Å². The first kappa shape index (κ1) is 12.0. The summed E-state index contributed by atoms with van der Waals surface area (Å²) in [4.78, 5) is 2.23. The van der Waals surface area contributed by atoms with Crippen molar-refractivity contribution in [1.29, 1.82) is 0 Å². The van der Waals surface area contributed by atoms with Crippen LogP contribution >= 0.6 is 0 Å². The van der Waals surface area contributed by atoms with Crippen LogP contribution in [0, 0.1) is 5.82 Å². The second-order valence-electron chi connectivity index (χ2n) is 3.55. The van der Waals surface area contributed by atoms with Gasteiger partial charge in [0.15, 0.2) is 0 Å². The highest BCUT2D eigenvalue weighted by molar-refractivity contribution is 5.45. The molecule has 0 fully saturated rings. The summed E-state index contributed by atoms with van der Waals surface area (Å²) < 4.78 is 12.7. The van der Waals surface area contributed by atoms with Gasteiger partial charge in [0.05, 0.1) is 0 Å². The molecular weight excluding hydrogens is 191 g/mol. The van der Waals surface area contributed by atoms with E-state index < -0.39 is 0 Å². The molecule has 0 saturated carbocycles. The Balaban J connectivity index is 2.53. The number of hydrogen-bond donors (Lipinski definition) is 1. The van der Waals surface area contributed by atoms with Gasteiger partial charge in [-0.1, -0.05) is 0 Å². The molecule has 0 heterocycles. The van der Waals surface area contributed by atoms with Crippen LogP contribution in [0.3, 0.4) is 0 Å². The lowest BCUT2D eigenvalue weighted by molar-refractivity contribution is 0.627. The zero-order chi connectivity index (χ0) is 11.1. The van der Waals surface area contributed by atoms with Crippen LogP contribution in [0.4, 0.5) is 10.1 Å². The molecule has 3 heteroatoms. The van der Waals surface area contributed by atoms with Gasteiger partial charge in [-0.15, -0.1) is 0 Å². The molecule has 0 aliphatic carbocycles. The van der Waals surface area contributed by atoms with E-state index in [9.17, 15) is 4.39 Å². The van der Waals surface area contributed by atoms with Crippen molar-refractivity contribution in [1.82, 2.24) is 0 Å². The molecule has 0 amide bonds. The molecule has 15 heavy (non-hydrogen) atoms. The van der Waals surface area contributed by atoms with E-state index in [1.54, 1.807) is 0 Å². The molecule has 2 N–H and O–H groups in total. The van der Waals surface area contributed by atoms with Gasteiger partial charge in [-0.2, -0.15) is 0 Å². The molecule has 0 saturated heterocycles. The molecule has 0 radical (unpaired) electrons. The highest BCUT2D eigenvalue weighted by Gasteiger charge is 2.03. The van der Waals surface area contributed by atoms with Crippen molar-refractivity contribution in [3.8, 4) is 0 Å². The van der Waals surface area contributed by atoms with E-state index in [1.165, 1.54) is 12.1 Å². The average molecular weight is 210 g/mol. The first-order valence-corrected chi connectivity index (χ1v) is 5.48. The number of hydrogen-bond acceptors (Lipinski definition) is 2. The standard InChI is InChI=1S/C12H19FN2/c1-2-15(10-4-3-9-14)12-7-5-11(13)6-8-12/h5-8H,2-4,9-10,14H2,1H3. The Bertz CT molecular complexity index is 271. The number of benzene rings is 1. The smallest absolute Gasteiger partial charge is 0.123 e. The summed E-state index contributed by atoms with van der Waals surface area (Å²) in [6.45, 7) is 4.77. The van der Waals surface area contributed by atoms with Gasteiger partial charge in [-0.25, -0.2) is 4.39 Å². The van der Waals surface area contributed by atoms with Gasteiger partial charge in [0.2, 0.25) is 0 Å². The third-order valence-corrected chi connectivity index (χ3v) is 2.46. The van der Waals surface area contributed by atoms with Gasteiger partial charge in [-0.3, -0.25) is 0 Å². The highest BCUT2D eigenvalue weighted by Crippen LogP contribution is 2.14. The number of nitrogens with zero attached hydrogens (tertiary/aromatic N) is 1. The maximum atomic E-state index is 12.7. The van der Waals surface area contributed by atoms with Crippen LogP contribution in [0.25, 0.3) is 0 Å². The molecule has 1 aromatic carbocycles. The number of unbranched alkanes of at least 4 members (excludes halogenated alkanes) is 1. The number of halogens is 1. The Kier molecular flexibility index (Phi) is 5.12. The van der Waals surface area contributed by atoms with Crippen LogP contribution < -0.4 is 10.6 Å². The number of anilines is 1. The van der Waals surface area contributed by atoms with Gasteiger partial charge >= 0.3 is 0 Å². The van der Waals surface area contributed by atoms with E-state index in [-0.39, 0.29) is 5.82 Å². The van der Waals surface area contributed by atoms with E-state index in [4.69, 9.17) is 5.73 Å². The topological polar surface area (TPSA) is 29.3 Å². The van der Waals surface area contributed by atoms with Crippen LogP contribution in [-0.4, -0.2) is 19.6 Å². The Morgan fingerprint density at radius 1 is 1.20 bits per heavy atom. The third-order valence-electron chi connectivity index (χ3n) is 2.46. The zero-order valence-corrected chi connectivity index (χ0v) is 9.25. The largest absolute Gasteiger partial charge is 0.372 e. The van der Waals surface area contributed by atoms with Gasteiger partial charge < -0.3 is 10.6 Å². The fourth-order valence-corrected chi connectivity index (χ4v) is 1.57. The maximum Gasteiger partial charge on any atom is 0.123 e. The van der Waals surface area contributed by atoms with Crippen molar-refractivity contribution in [3.05, 3.63) is 30.1 Å². The molecule has 1 rings (SSSR count). The van der Waals surface area contributed by atoms with Crippen LogP contribution in [0.15, 0.2) is 24.3 Å². The van der Waals surface area contributed by atoms with Gasteiger partial charge in [0.25, 0.3) is 0 Å². The summed E-state index contributed by atoms with van der Waals surface area (Å²) in [5.74, 6) is -0.184. The second-order valence-corrected chi connectivity index (χ2v) is 3.55. The first-order valence-electron chi connectivity index (χ1n) is 5.48. The van der Waals surface area contributed by atoms with Crippen LogP contribution in [0.1, 0.15) is 19.8 Å². The molecule has 0 aliphatic rings. The lowest BCUT2D eigenvalue weighted by atomic mass is 10.2. The summed E-state index contributed by atoms with van der Waals surface area (Å²) in [6, 6.07) is 6.64. The highest BCUT2D eigenvalue weighted by atomic mass is 19.1. The Labute approximate surface area is 90.9 Å². The summed E-state index contributed by atoms with van der Waals surface area (Å²) in [6.07, 6.45) is 2.12. The van der Waals surface area contributed by atoms with E-state index in [2.05, 4.69) is 11.8 Å². The maximum absolute atomic E-state index is 12.7. The minimum absolute atomic E-state index is 0.184. The molecule has 0 aromatic heterocycles. The minimum Gasteiger partial charge on any atom is -0.372 e. The number of nitrogens with two attached hydrogens (primary N) is 1. The summed E-state index contributed by atoms with van der Waals surface area (Å²) >= 11 is 0. The first-order chi connectivity index (χ1) is 7.27. The summed E-state index contributed by atoms with van der Waals surface area (Å²) in [5, 5.41) is 0. The van der Waals surface area contributed by atoms with E-state index >= 15 is 0 Å². The Morgan fingerprint density at radius 3 is 2.40 bits per heavy atom. The Hall–Kier alpha value is -1.09. The van der Waals surface area contributed by atoms with Crippen LogP contribution in [0.5, 0.6) is 0 Å². The van der Waals surface area contributed by atoms with Crippen LogP contribution in [-0.2, 0) is 0 Å². The van der Waals surface area contributed by atoms with Crippen LogP contribution in [0.2, 0.25) is 0 Å². The van der Waals surface area contributed by atoms with Crippen molar-refractivity contribution < 1.29 is 4.39 Å². The SMILES string of the molecule is CCN(CCCCN)c1ccc(F)cc1. The molecule has 1 aromatic rings. The molecular formula is C12H19FN2. The van der Waals surface area contributed by atoms with Crippen molar-refractivity contribution in [2.24, 2.45) is 5.73 Å². The van der Waals surface area contributed by atoms with E-state index in [0.29, 0.717) is 0 Å². The Morgan fingerprint density at radius 2 is 1.87 bits per heavy atom. The summed E-state index contributed by atoms with van der Waals surface area (Å²) in [5.41, 5.74) is 6.53. The van der Waals surface area contributed by atoms with Crippen molar-refractivity contribution in [2.45, 2.75) is 19.8 Å². The predicted octanol–water partition coefficient (Wildman–Crippen LogP) is 2.39. The van der Waals surface area contributed by atoms with Gasteiger partial charge in [0.1, 0.15) is 5.82 Å². The average Bonchev–Trinajstić information content (AvgIpc) is 2.26. The number of rotatable bonds is 6. The molecule has 84 valence electrons. The fourth-order valence-electron chi connectivity index (χ4n) is 1.57. The predicted molar refractivity (Wildman–Crippen MR) is 62.6 cm³/mol. The minimum atomic E-state index is -0.184. The van der Waals surface area contributed by atoms with E-state index in [1.807, 2.05) is 12.1 Å². The molecule has 0 bridgehead atoms. The second kappa shape index (κ2) is 6.40.